The summed E-state index contributed by atoms with van der Waals surface area (Å²) in [5.74, 6) is 0.687. The Morgan fingerprint density at radius 2 is 1.88 bits per heavy atom. The Bertz CT molecular complexity index is 1320. The molecule has 3 N–H and O–H groups in total. The van der Waals surface area contributed by atoms with Crippen LogP contribution in [0.5, 0.6) is 5.75 Å². The van der Waals surface area contributed by atoms with Gasteiger partial charge in [-0.1, -0.05) is 12.1 Å². The van der Waals surface area contributed by atoms with Crippen molar-refractivity contribution >= 4 is 34.2 Å². The number of aromatic nitrogens is 3. The first-order valence-corrected chi connectivity index (χ1v) is 10.1. The van der Waals surface area contributed by atoms with Crippen molar-refractivity contribution in [2.24, 2.45) is 5.73 Å². The van der Waals surface area contributed by atoms with Crippen molar-refractivity contribution in [2.75, 3.05) is 26.0 Å². The van der Waals surface area contributed by atoms with Crippen molar-refractivity contribution in [3.8, 4) is 17.1 Å². The number of nitrogens with one attached hydrogen (secondary N) is 1. The van der Waals surface area contributed by atoms with Gasteiger partial charge in [-0.25, -0.2) is 9.97 Å². The van der Waals surface area contributed by atoms with Crippen molar-refractivity contribution < 1.29 is 14.3 Å². The predicted molar refractivity (Wildman–Crippen MR) is 125 cm³/mol. The molecule has 33 heavy (non-hydrogen) atoms. The fourth-order valence-electron chi connectivity index (χ4n) is 3.13. The lowest BCUT2D eigenvalue weighted by Crippen LogP contribution is -2.27. The summed E-state index contributed by atoms with van der Waals surface area (Å²) in [5.41, 5.74) is 7.77. The van der Waals surface area contributed by atoms with Crippen LogP contribution in [0, 0.1) is 0 Å². The van der Waals surface area contributed by atoms with Gasteiger partial charge in [0.2, 0.25) is 0 Å². The summed E-state index contributed by atoms with van der Waals surface area (Å²) in [6, 6.07) is 15.9. The van der Waals surface area contributed by atoms with E-state index in [1.807, 2.05) is 6.07 Å². The SMILES string of the molecule is CN(C)C(=O)COc1ccc2nc(-c3cccnc3)nc(Nc3ccccc3C(N)=O)c2c1. The first kappa shape index (κ1) is 21.7. The zero-order chi connectivity index (χ0) is 23.4. The minimum absolute atomic E-state index is 0.0968. The van der Waals surface area contributed by atoms with E-state index in [2.05, 4.69) is 20.3 Å². The number of anilines is 2. The van der Waals surface area contributed by atoms with Gasteiger partial charge in [-0.2, -0.15) is 0 Å². The molecule has 9 heteroatoms. The number of pyridine rings is 1. The second kappa shape index (κ2) is 9.31. The normalized spacial score (nSPS) is 10.6. The molecule has 166 valence electrons. The van der Waals surface area contributed by atoms with Crippen LogP contribution in [0.1, 0.15) is 10.4 Å². The van der Waals surface area contributed by atoms with Crippen molar-refractivity contribution in [3.63, 3.8) is 0 Å². The molecule has 0 saturated heterocycles. The number of ether oxygens (including phenoxy) is 1. The molecule has 0 aliphatic carbocycles. The van der Waals surface area contributed by atoms with Crippen molar-refractivity contribution in [3.05, 3.63) is 72.6 Å². The van der Waals surface area contributed by atoms with Crippen LogP contribution in [0.25, 0.3) is 22.3 Å². The minimum atomic E-state index is -0.560. The van der Waals surface area contributed by atoms with E-state index >= 15 is 0 Å². The van der Waals surface area contributed by atoms with E-state index in [1.54, 1.807) is 75.0 Å². The van der Waals surface area contributed by atoms with Crippen LogP contribution in [0.4, 0.5) is 11.5 Å². The average molecular weight is 442 g/mol. The van der Waals surface area contributed by atoms with Crippen LogP contribution in [-0.2, 0) is 4.79 Å². The van der Waals surface area contributed by atoms with Crippen LogP contribution >= 0.6 is 0 Å². The van der Waals surface area contributed by atoms with Crippen LogP contribution in [0.3, 0.4) is 0 Å². The van der Waals surface area contributed by atoms with Gasteiger partial charge in [0.25, 0.3) is 11.8 Å². The Hall–Kier alpha value is -4.53. The summed E-state index contributed by atoms with van der Waals surface area (Å²) in [7, 11) is 3.33. The summed E-state index contributed by atoms with van der Waals surface area (Å²) in [6.45, 7) is -0.0968. The first-order valence-electron chi connectivity index (χ1n) is 10.1. The molecular formula is C24H22N6O3. The van der Waals surface area contributed by atoms with Gasteiger partial charge in [-0.15, -0.1) is 0 Å². The average Bonchev–Trinajstić information content (AvgIpc) is 2.83. The number of rotatable bonds is 7. The highest BCUT2D eigenvalue weighted by molar-refractivity contribution is 6.01. The fourth-order valence-corrected chi connectivity index (χ4v) is 3.13. The van der Waals surface area contributed by atoms with Crippen LogP contribution in [0.15, 0.2) is 67.0 Å². The van der Waals surface area contributed by atoms with Crippen molar-refractivity contribution in [1.29, 1.82) is 0 Å². The van der Waals surface area contributed by atoms with Gasteiger partial charge >= 0.3 is 0 Å². The Morgan fingerprint density at radius 3 is 2.61 bits per heavy atom. The molecule has 9 nitrogen and oxygen atoms in total. The van der Waals surface area contributed by atoms with Crippen LogP contribution in [0.2, 0.25) is 0 Å². The number of carbonyl (C=O) groups is 2. The Labute approximate surface area is 190 Å². The topological polar surface area (TPSA) is 123 Å². The van der Waals surface area contributed by atoms with E-state index in [1.165, 1.54) is 4.90 Å². The van der Waals surface area contributed by atoms with E-state index in [-0.39, 0.29) is 12.5 Å². The zero-order valence-corrected chi connectivity index (χ0v) is 18.1. The Balaban J connectivity index is 1.80. The zero-order valence-electron chi connectivity index (χ0n) is 18.1. The molecule has 4 rings (SSSR count). The molecule has 0 saturated carbocycles. The van der Waals surface area contributed by atoms with Gasteiger partial charge in [0.05, 0.1) is 16.8 Å². The quantitative estimate of drug-likeness (QED) is 0.451. The second-order valence-corrected chi connectivity index (χ2v) is 7.43. The molecule has 2 heterocycles. The summed E-state index contributed by atoms with van der Waals surface area (Å²) < 4.78 is 5.66. The molecule has 2 aromatic carbocycles. The highest BCUT2D eigenvalue weighted by Gasteiger charge is 2.15. The first-order chi connectivity index (χ1) is 15.9. The van der Waals surface area contributed by atoms with Crippen LogP contribution < -0.4 is 15.8 Å². The number of likely N-dealkylation sites (N-methyl/N-ethyl adjacent to an activating group) is 1. The maximum atomic E-state index is 11.9. The number of carbonyl (C=O) groups excluding carboxylic acids is 2. The van der Waals surface area contributed by atoms with Gasteiger partial charge in [0.1, 0.15) is 11.6 Å². The van der Waals surface area contributed by atoms with Gasteiger partial charge < -0.3 is 20.7 Å². The summed E-state index contributed by atoms with van der Waals surface area (Å²) in [6.07, 6.45) is 3.35. The van der Waals surface area contributed by atoms with Crippen LogP contribution in [-0.4, -0.2) is 52.4 Å². The van der Waals surface area contributed by atoms with Gasteiger partial charge in [-0.3, -0.25) is 14.6 Å². The van der Waals surface area contributed by atoms with Gasteiger partial charge in [-0.05, 0) is 42.5 Å². The third-order valence-electron chi connectivity index (χ3n) is 4.89. The number of primary amides is 1. The van der Waals surface area contributed by atoms with Crippen molar-refractivity contribution in [1.82, 2.24) is 19.9 Å². The molecule has 2 aromatic heterocycles. The molecule has 0 atom stereocenters. The molecule has 0 fully saturated rings. The molecule has 0 aliphatic rings. The van der Waals surface area contributed by atoms with Gasteiger partial charge in [0.15, 0.2) is 12.4 Å². The molecule has 0 bridgehead atoms. The minimum Gasteiger partial charge on any atom is -0.484 e. The third kappa shape index (κ3) is 4.87. The Morgan fingerprint density at radius 1 is 1.06 bits per heavy atom. The summed E-state index contributed by atoms with van der Waals surface area (Å²) in [4.78, 5) is 38.8. The molecule has 0 radical (unpaired) electrons. The van der Waals surface area contributed by atoms with E-state index < -0.39 is 5.91 Å². The monoisotopic (exact) mass is 442 g/mol. The van der Waals surface area contributed by atoms with Gasteiger partial charge in [0, 0.05) is 37.4 Å². The lowest BCUT2D eigenvalue weighted by Gasteiger charge is -2.15. The number of fused-ring (bicyclic) bond motifs is 1. The predicted octanol–water partition coefficient (Wildman–Crippen LogP) is 3.00. The van der Waals surface area contributed by atoms with E-state index in [0.717, 1.165) is 5.56 Å². The maximum absolute atomic E-state index is 11.9. The molecule has 2 amide bonds. The summed E-state index contributed by atoms with van der Waals surface area (Å²) >= 11 is 0. The van der Waals surface area contributed by atoms with E-state index in [4.69, 9.17) is 10.5 Å². The number of benzene rings is 2. The third-order valence-corrected chi connectivity index (χ3v) is 4.89. The molecule has 0 unspecified atom stereocenters. The fraction of sp³-hybridized carbons (Fsp3) is 0.125. The van der Waals surface area contributed by atoms with Crippen molar-refractivity contribution in [2.45, 2.75) is 0 Å². The lowest BCUT2D eigenvalue weighted by atomic mass is 10.1. The standard InChI is InChI=1S/C24H22N6O3/c1-30(2)21(31)14-33-16-9-10-20-18(12-16)24(28-19-8-4-3-7-17(19)22(25)32)29-23(27-20)15-6-5-11-26-13-15/h3-13H,14H2,1-2H3,(H2,25,32)(H,27,28,29). The van der Waals surface area contributed by atoms with E-state index in [0.29, 0.717) is 39.5 Å². The largest absolute Gasteiger partial charge is 0.484 e. The number of hydrogen-bond acceptors (Lipinski definition) is 7. The molecular weight excluding hydrogens is 420 g/mol. The smallest absolute Gasteiger partial charge is 0.259 e. The second-order valence-electron chi connectivity index (χ2n) is 7.43. The van der Waals surface area contributed by atoms with E-state index in [9.17, 15) is 9.59 Å². The number of nitrogens with zero attached hydrogens (tertiary/aromatic N) is 4. The number of amides is 2. The lowest BCUT2D eigenvalue weighted by molar-refractivity contribution is -0.130. The summed E-state index contributed by atoms with van der Waals surface area (Å²) in [5, 5.41) is 3.86. The highest BCUT2D eigenvalue weighted by atomic mass is 16.5. The number of hydrogen-bond donors (Lipinski definition) is 2. The molecule has 0 spiro atoms. The molecule has 4 aromatic rings. The Kier molecular flexibility index (Phi) is 6.12. The maximum Gasteiger partial charge on any atom is 0.259 e. The highest BCUT2D eigenvalue weighted by Crippen LogP contribution is 2.31. The molecule has 0 aliphatic heterocycles. The number of para-hydroxylation sites is 1. The number of nitrogens with two attached hydrogens (primary N) is 1.